The molecule has 1 heterocycles. The lowest BCUT2D eigenvalue weighted by Crippen LogP contribution is -2.30. The first-order valence-electron chi connectivity index (χ1n) is 5.00. The molecule has 0 bridgehead atoms. The van der Waals surface area contributed by atoms with E-state index in [0.29, 0.717) is 18.8 Å². The van der Waals surface area contributed by atoms with Crippen LogP contribution in [0.1, 0.15) is 10.4 Å². The largest absolute Gasteiger partial charge is 0.478 e. The standard InChI is InChI=1S/C10H12N2O4S/c1-11-5-6-12(17(11,15)16)9-4-2-3-8(7-9)10(13)14/h2-4,7H,5-6H2,1H3,(H,13,14). The summed E-state index contributed by atoms with van der Waals surface area (Å²) in [6.07, 6.45) is 0. The lowest BCUT2D eigenvalue weighted by Gasteiger charge is -2.18. The zero-order valence-electron chi connectivity index (χ0n) is 9.20. The van der Waals surface area contributed by atoms with Crippen LogP contribution in [0, 0.1) is 0 Å². The summed E-state index contributed by atoms with van der Waals surface area (Å²) in [5.41, 5.74) is 0.460. The Labute approximate surface area is 99.3 Å². The number of aromatic carboxylic acids is 1. The van der Waals surface area contributed by atoms with Crippen LogP contribution in [0.25, 0.3) is 0 Å². The lowest BCUT2D eigenvalue weighted by molar-refractivity contribution is 0.0697. The van der Waals surface area contributed by atoms with Gasteiger partial charge in [-0.05, 0) is 18.2 Å². The van der Waals surface area contributed by atoms with Gasteiger partial charge in [0.25, 0.3) is 0 Å². The number of rotatable bonds is 2. The van der Waals surface area contributed by atoms with Crippen molar-refractivity contribution in [1.82, 2.24) is 4.31 Å². The van der Waals surface area contributed by atoms with Gasteiger partial charge >= 0.3 is 16.2 Å². The number of carboxylic acid groups (broad SMARTS) is 1. The van der Waals surface area contributed by atoms with Gasteiger partial charge in [-0.2, -0.15) is 12.7 Å². The second-order valence-electron chi connectivity index (χ2n) is 3.76. The Morgan fingerprint density at radius 3 is 2.59 bits per heavy atom. The summed E-state index contributed by atoms with van der Waals surface area (Å²) in [5.74, 6) is -1.07. The van der Waals surface area contributed by atoms with Gasteiger partial charge in [0.1, 0.15) is 0 Å². The number of hydrogen-bond donors (Lipinski definition) is 1. The first kappa shape index (κ1) is 11.9. The Morgan fingerprint density at radius 1 is 1.35 bits per heavy atom. The van der Waals surface area contributed by atoms with Crippen molar-refractivity contribution in [2.75, 3.05) is 24.4 Å². The highest BCUT2D eigenvalue weighted by molar-refractivity contribution is 7.90. The van der Waals surface area contributed by atoms with Crippen LogP contribution in [-0.4, -0.2) is 43.9 Å². The van der Waals surface area contributed by atoms with E-state index in [1.165, 1.54) is 33.9 Å². The van der Waals surface area contributed by atoms with Crippen molar-refractivity contribution in [3.05, 3.63) is 29.8 Å². The topological polar surface area (TPSA) is 77.9 Å². The van der Waals surface area contributed by atoms with E-state index in [-0.39, 0.29) is 5.56 Å². The highest BCUT2D eigenvalue weighted by atomic mass is 32.2. The SMILES string of the molecule is CN1CCN(c2cccc(C(=O)O)c2)S1(=O)=O. The zero-order valence-corrected chi connectivity index (χ0v) is 10.0. The van der Waals surface area contributed by atoms with Crippen LogP contribution in [0.5, 0.6) is 0 Å². The molecule has 0 amide bonds. The number of anilines is 1. The summed E-state index contributed by atoms with van der Waals surface area (Å²) in [4.78, 5) is 10.8. The van der Waals surface area contributed by atoms with E-state index in [4.69, 9.17) is 5.11 Å². The Hall–Kier alpha value is -1.60. The number of carbonyl (C=O) groups is 1. The van der Waals surface area contributed by atoms with Crippen molar-refractivity contribution in [3.63, 3.8) is 0 Å². The molecule has 17 heavy (non-hydrogen) atoms. The summed E-state index contributed by atoms with van der Waals surface area (Å²) in [5, 5.41) is 8.86. The van der Waals surface area contributed by atoms with Crippen molar-refractivity contribution >= 4 is 21.9 Å². The summed E-state index contributed by atoms with van der Waals surface area (Å²) in [7, 11) is -1.99. The third-order valence-electron chi connectivity index (χ3n) is 2.67. The molecule has 1 aliphatic rings. The highest BCUT2D eigenvalue weighted by Crippen LogP contribution is 2.24. The van der Waals surface area contributed by atoms with Crippen molar-refractivity contribution in [2.45, 2.75) is 0 Å². The van der Waals surface area contributed by atoms with Crippen LogP contribution in [0.2, 0.25) is 0 Å². The predicted octanol–water partition coefficient (Wildman–Crippen LogP) is 0.381. The number of nitrogens with zero attached hydrogens (tertiary/aromatic N) is 2. The number of carboxylic acids is 1. The van der Waals surface area contributed by atoms with Gasteiger partial charge in [0.05, 0.1) is 11.3 Å². The summed E-state index contributed by atoms with van der Waals surface area (Å²) < 4.78 is 26.2. The second kappa shape index (κ2) is 4.01. The Kier molecular flexibility index (Phi) is 2.80. The average Bonchev–Trinajstić information content (AvgIpc) is 2.54. The predicted molar refractivity (Wildman–Crippen MR) is 62.3 cm³/mol. The molecular weight excluding hydrogens is 244 g/mol. The molecule has 0 atom stereocenters. The molecule has 0 aliphatic carbocycles. The molecule has 1 saturated heterocycles. The third kappa shape index (κ3) is 1.98. The van der Waals surface area contributed by atoms with Gasteiger partial charge in [-0.25, -0.2) is 4.79 Å². The Balaban J connectivity index is 2.42. The molecule has 0 saturated carbocycles. The van der Waals surface area contributed by atoms with E-state index in [0.717, 1.165) is 0 Å². The highest BCUT2D eigenvalue weighted by Gasteiger charge is 2.33. The second-order valence-corrected chi connectivity index (χ2v) is 5.72. The quantitative estimate of drug-likeness (QED) is 0.829. The fraction of sp³-hybridized carbons (Fsp3) is 0.300. The number of hydrogen-bond acceptors (Lipinski definition) is 3. The summed E-state index contributed by atoms with van der Waals surface area (Å²) >= 11 is 0. The normalized spacial score (nSPS) is 19.5. The molecule has 0 spiro atoms. The van der Waals surface area contributed by atoms with Gasteiger partial charge in [-0.1, -0.05) is 6.07 Å². The van der Waals surface area contributed by atoms with Crippen LogP contribution in [-0.2, 0) is 10.2 Å². The molecule has 7 heteroatoms. The molecule has 1 N–H and O–H groups in total. The Bertz CT molecular complexity index is 555. The van der Waals surface area contributed by atoms with Gasteiger partial charge in [0.15, 0.2) is 0 Å². The Morgan fingerprint density at radius 2 is 2.06 bits per heavy atom. The third-order valence-corrected chi connectivity index (χ3v) is 4.59. The monoisotopic (exact) mass is 256 g/mol. The fourth-order valence-corrected chi connectivity index (χ4v) is 3.03. The molecule has 1 aromatic carbocycles. The fourth-order valence-electron chi connectivity index (χ4n) is 1.69. The van der Waals surface area contributed by atoms with E-state index in [9.17, 15) is 13.2 Å². The van der Waals surface area contributed by atoms with Crippen molar-refractivity contribution < 1.29 is 18.3 Å². The molecule has 0 aromatic heterocycles. The molecule has 2 rings (SSSR count). The number of benzene rings is 1. The maximum atomic E-state index is 11.9. The minimum atomic E-state index is -3.49. The van der Waals surface area contributed by atoms with Crippen LogP contribution < -0.4 is 4.31 Å². The van der Waals surface area contributed by atoms with Crippen molar-refractivity contribution in [3.8, 4) is 0 Å². The van der Waals surface area contributed by atoms with Crippen LogP contribution in [0.15, 0.2) is 24.3 Å². The maximum absolute atomic E-state index is 11.9. The molecule has 1 aliphatic heterocycles. The van der Waals surface area contributed by atoms with E-state index in [2.05, 4.69) is 0 Å². The lowest BCUT2D eigenvalue weighted by atomic mass is 10.2. The van der Waals surface area contributed by atoms with Gasteiger partial charge in [0, 0.05) is 20.1 Å². The van der Waals surface area contributed by atoms with E-state index >= 15 is 0 Å². The minimum Gasteiger partial charge on any atom is -0.478 e. The zero-order chi connectivity index (χ0) is 12.6. The van der Waals surface area contributed by atoms with Gasteiger partial charge < -0.3 is 5.11 Å². The molecule has 0 unspecified atom stereocenters. The van der Waals surface area contributed by atoms with Crippen LogP contribution in [0.4, 0.5) is 5.69 Å². The molecule has 1 fully saturated rings. The van der Waals surface area contributed by atoms with Crippen LogP contribution in [0.3, 0.4) is 0 Å². The van der Waals surface area contributed by atoms with E-state index in [1.807, 2.05) is 0 Å². The average molecular weight is 256 g/mol. The first-order valence-corrected chi connectivity index (χ1v) is 6.40. The molecule has 92 valence electrons. The van der Waals surface area contributed by atoms with Gasteiger partial charge in [0.2, 0.25) is 0 Å². The molecule has 1 aromatic rings. The molecule has 0 radical (unpaired) electrons. The van der Waals surface area contributed by atoms with Crippen LogP contribution >= 0.6 is 0 Å². The summed E-state index contributed by atoms with van der Waals surface area (Å²) in [6, 6.07) is 5.91. The molecule has 6 nitrogen and oxygen atoms in total. The van der Waals surface area contributed by atoms with E-state index < -0.39 is 16.2 Å². The number of likely N-dealkylation sites (N-methyl/N-ethyl adjacent to an activating group) is 1. The smallest absolute Gasteiger partial charge is 0.335 e. The van der Waals surface area contributed by atoms with Crippen molar-refractivity contribution in [2.24, 2.45) is 0 Å². The molecular formula is C10H12N2O4S. The first-order chi connectivity index (χ1) is 7.93. The van der Waals surface area contributed by atoms with Crippen molar-refractivity contribution in [1.29, 1.82) is 0 Å². The maximum Gasteiger partial charge on any atom is 0.335 e. The summed E-state index contributed by atoms with van der Waals surface area (Å²) in [6.45, 7) is 0.738. The van der Waals surface area contributed by atoms with Gasteiger partial charge in [-0.3, -0.25) is 4.31 Å². The van der Waals surface area contributed by atoms with E-state index in [1.54, 1.807) is 6.07 Å². The minimum absolute atomic E-state index is 0.0762. The van der Waals surface area contributed by atoms with Gasteiger partial charge in [-0.15, -0.1) is 0 Å².